The molecule has 0 aliphatic carbocycles. The molecule has 0 radical (unpaired) electrons. The second-order valence-corrected chi connectivity index (χ2v) is 9.58. The van der Waals surface area contributed by atoms with E-state index in [0.717, 1.165) is 23.4 Å². The fourth-order valence-corrected chi connectivity index (χ4v) is 4.18. The third kappa shape index (κ3) is 7.38. The topological polar surface area (TPSA) is 120 Å². The Bertz CT molecular complexity index is 1540. The van der Waals surface area contributed by atoms with Crippen LogP contribution in [0.4, 0.5) is 36.2 Å². The third-order valence-corrected chi connectivity index (χ3v) is 6.23. The Balaban J connectivity index is 1.60. The Hall–Kier alpha value is -4.49. The van der Waals surface area contributed by atoms with Crippen LogP contribution in [0.1, 0.15) is 32.7 Å². The van der Waals surface area contributed by atoms with Crippen molar-refractivity contribution in [3.05, 3.63) is 82.8 Å². The minimum absolute atomic E-state index is 0.125. The van der Waals surface area contributed by atoms with E-state index in [4.69, 9.17) is 5.11 Å². The number of nitrogens with one attached hydrogen (secondary N) is 3. The van der Waals surface area contributed by atoms with Gasteiger partial charge in [0.15, 0.2) is 5.82 Å². The fourth-order valence-electron chi connectivity index (χ4n) is 4.18. The van der Waals surface area contributed by atoms with Crippen molar-refractivity contribution in [3.63, 3.8) is 0 Å². The third-order valence-electron chi connectivity index (χ3n) is 6.23. The predicted octanol–water partition coefficient (Wildman–Crippen LogP) is 4.76. The van der Waals surface area contributed by atoms with Crippen molar-refractivity contribution in [1.29, 1.82) is 0 Å². The summed E-state index contributed by atoms with van der Waals surface area (Å²) in [6.07, 6.45) is -3.20. The summed E-state index contributed by atoms with van der Waals surface area (Å²) in [7, 11) is 3.42. The summed E-state index contributed by atoms with van der Waals surface area (Å²) in [5.74, 6) is 1.09. The van der Waals surface area contributed by atoms with Crippen molar-refractivity contribution in [1.82, 2.24) is 24.6 Å². The van der Waals surface area contributed by atoms with Gasteiger partial charge < -0.3 is 21.1 Å². The smallest absolute Gasteiger partial charge is 0.395 e. The zero-order valence-corrected chi connectivity index (χ0v) is 23.0. The molecule has 4 N–H and O–H groups in total. The van der Waals surface area contributed by atoms with E-state index in [9.17, 15) is 18.0 Å². The summed E-state index contributed by atoms with van der Waals surface area (Å²) < 4.78 is 42.5. The SMILES string of the molecule is CNc1cc(-n2nc(C)cc2Nc2cc(NC(=O)c3cc(CN(C)CCO)cc(C(F)(F)F)c3)ccc2C)ncn1. The lowest BCUT2D eigenvalue weighted by Gasteiger charge is -2.18. The number of aromatic nitrogens is 4. The number of hydrogen-bond acceptors (Lipinski definition) is 8. The molecule has 0 bridgehead atoms. The van der Waals surface area contributed by atoms with E-state index < -0.39 is 17.6 Å². The maximum absolute atomic E-state index is 13.6. The summed E-state index contributed by atoms with van der Waals surface area (Å²) in [4.78, 5) is 23.2. The first kappa shape index (κ1) is 29.5. The first-order valence-corrected chi connectivity index (χ1v) is 12.7. The number of rotatable bonds is 10. The number of carbonyl (C=O) groups is 1. The highest BCUT2D eigenvalue weighted by atomic mass is 19.4. The van der Waals surface area contributed by atoms with Gasteiger partial charge in [0.2, 0.25) is 0 Å². The monoisotopic (exact) mass is 568 g/mol. The molecule has 0 saturated carbocycles. The maximum Gasteiger partial charge on any atom is 0.416 e. The van der Waals surface area contributed by atoms with Crippen LogP contribution in [0.3, 0.4) is 0 Å². The molecule has 2 aromatic heterocycles. The molecule has 10 nitrogen and oxygen atoms in total. The summed E-state index contributed by atoms with van der Waals surface area (Å²) in [5, 5.41) is 22.6. The van der Waals surface area contributed by atoms with Crippen LogP contribution in [-0.2, 0) is 12.7 Å². The number of aryl methyl sites for hydroxylation is 2. The highest BCUT2D eigenvalue weighted by molar-refractivity contribution is 6.04. The van der Waals surface area contributed by atoms with E-state index in [1.807, 2.05) is 19.9 Å². The number of hydrogen-bond donors (Lipinski definition) is 4. The van der Waals surface area contributed by atoms with E-state index in [1.54, 1.807) is 47.9 Å². The second-order valence-electron chi connectivity index (χ2n) is 9.58. The number of aliphatic hydroxyl groups is 1. The van der Waals surface area contributed by atoms with Gasteiger partial charge in [-0.15, -0.1) is 0 Å². The zero-order valence-electron chi connectivity index (χ0n) is 23.0. The Morgan fingerprint density at radius 1 is 1.07 bits per heavy atom. The lowest BCUT2D eigenvalue weighted by Crippen LogP contribution is -2.22. The van der Waals surface area contributed by atoms with Gasteiger partial charge in [-0.3, -0.25) is 9.69 Å². The van der Waals surface area contributed by atoms with Crippen LogP contribution in [-0.4, -0.2) is 62.9 Å². The molecule has 2 heterocycles. The molecule has 0 spiro atoms. The Morgan fingerprint density at radius 2 is 1.85 bits per heavy atom. The fraction of sp³-hybridized carbons (Fsp3) is 0.286. The van der Waals surface area contributed by atoms with Crippen LogP contribution in [0.15, 0.2) is 54.9 Å². The summed E-state index contributed by atoms with van der Waals surface area (Å²) in [5.41, 5.74) is 1.91. The lowest BCUT2D eigenvalue weighted by atomic mass is 10.0. The minimum atomic E-state index is -4.62. The Labute approximate surface area is 235 Å². The second kappa shape index (κ2) is 12.4. The predicted molar refractivity (Wildman–Crippen MR) is 151 cm³/mol. The van der Waals surface area contributed by atoms with Crippen molar-refractivity contribution >= 4 is 28.9 Å². The van der Waals surface area contributed by atoms with Gasteiger partial charge in [0.25, 0.3) is 5.91 Å². The van der Waals surface area contributed by atoms with E-state index in [2.05, 4.69) is 31.0 Å². The van der Waals surface area contributed by atoms with E-state index in [1.165, 1.54) is 12.4 Å². The quantitative estimate of drug-likeness (QED) is 0.216. The number of nitrogens with zero attached hydrogens (tertiary/aromatic N) is 5. The van der Waals surface area contributed by atoms with Gasteiger partial charge in [-0.1, -0.05) is 6.07 Å². The molecule has 1 amide bonds. The molecule has 216 valence electrons. The highest BCUT2D eigenvalue weighted by Crippen LogP contribution is 2.32. The molecule has 0 atom stereocenters. The van der Waals surface area contributed by atoms with Gasteiger partial charge in [-0.2, -0.15) is 23.0 Å². The van der Waals surface area contributed by atoms with Crippen molar-refractivity contribution in [2.75, 3.05) is 43.2 Å². The average Bonchev–Trinajstić information content (AvgIpc) is 3.29. The zero-order chi connectivity index (χ0) is 29.7. The molecular formula is C28H31F3N8O2. The number of alkyl halides is 3. The molecule has 41 heavy (non-hydrogen) atoms. The summed E-state index contributed by atoms with van der Waals surface area (Å²) in [6.45, 7) is 4.01. The van der Waals surface area contributed by atoms with Gasteiger partial charge >= 0.3 is 6.18 Å². The minimum Gasteiger partial charge on any atom is -0.395 e. The van der Waals surface area contributed by atoms with Crippen LogP contribution in [0.2, 0.25) is 0 Å². The lowest BCUT2D eigenvalue weighted by molar-refractivity contribution is -0.137. The molecule has 0 aliphatic heterocycles. The highest BCUT2D eigenvalue weighted by Gasteiger charge is 2.32. The molecule has 4 rings (SSSR count). The molecule has 0 aliphatic rings. The molecule has 0 fully saturated rings. The number of anilines is 4. The standard InChI is InChI=1S/C28H31F3N8O2/c1-17-5-6-22(13-23(17)36-26-9-18(2)37-39(26)25-14-24(32-3)33-16-34-25)35-27(41)20-10-19(15-38(4)7-8-40)11-21(12-20)28(29,30)31/h5-6,9-14,16,36,40H,7-8,15H2,1-4H3,(H,35,41)(H,32,33,34). The van der Waals surface area contributed by atoms with Crippen molar-refractivity contribution in [3.8, 4) is 5.82 Å². The molecular weight excluding hydrogens is 537 g/mol. The Morgan fingerprint density at radius 3 is 2.56 bits per heavy atom. The van der Waals surface area contributed by atoms with Gasteiger partial charge in [0.05, 0.1) is 17.9 Å². The number of amides is 1. The van der Waals surface area contributed by atoms with Crippen molar-refractivity contribution in [2.24, 2.45) is 0 Å². The van der Waals surface area contributed by atoms with Gasteiger partial charge in [0, 0.05) is 49.2 Å². The average molecular weight is 569 g/mol. The number of likely N-dealkylation sites (N-methyl/N-ethyl adjacent to an activating group) is 1. The molecule has 0 unspecified atom stereocenters. The van der Waals surface area contributed by atoms with Gasteiger partial charge in [0.1, 0.15) is 18.0 Å². The summed E-state index contributed by atoms with van der Waals surface area (Å²) >= 11 is 0. The van der Waals surface area contributed by atoms with Gasteiger partial charge in [-0.05, 0) is 62.4 Å². The number of aliphatic hydroxyl groups excluding tert-OH is 1. The van der Waals surface area contributed by atoms with Crippen LogP contribution in [0.25, 0.3) is 5.82 Å². The van der Waals surface area contributed by atoms with E-state index in [-0.39, 0.29) is 25.3 Å². The number of carbonyl (C=O) groups excluding carboxylic acids is 1. The van der Waals surface area contributed by atoms with E-state index in [0.29, 0.717) is 34.4 Å². The van der Waals surface area contributed by atoms with E-state index >= 15 is 0 Å². The summed E-state index contributed by atoms with van der Waals surface area (Å²) in [6, 6.07) is 12.0. The maximum atomic E-state index is 13.6. The van der Waals surface area contributed by atoms with Crippen LogP contribution in [0, 0.1) is 13.8 Å². The van der Waals surface area contributed by atoms with Crippen LogP contribution < -0.4 is 16.0 Å². The molecule has 2 aromatic carbocycles. The van der Waals surface area contributed by atoms with Crippen LogP contribution in [0.5, 0.6) is 0 Å². The normalized spacial score (nSPS) is 11.5. The number of halogens is 3. The van der Waals surface area contributed by atoms with Crippen molar-refractivity contribution in [2.45, 2.75) is 26.6 Å². The Kier molecular flexibility index (Phi) is 8.89. The molecule has 13 heteroatoms. The molecule has 0 saturated heterocycles. The largest absolute Gasteiger partial charge is 0.416 e. The van der Waals surface area contributed by atoms with Crippen LogP contribution >= 0.6 is 0 Å². The van der Waals surface area contributed by atoms with Gasteiger partial charge in [-0.25, -0.2) is 9.97 Å². The molecule has 4 aromatic rings. The number of benzene rings is 2. The van der Waals surface area contributed by atoms with Crippen molar-refractivity contribution < 1.29 is 23.1 Å². The first-order valence-electron chi connectivity index (χ1n) is 12.7. The first-order chi connectivity index (χ1) is 19.5.